The van der Waals surface area contributed by atoms with Gasteiger partial charge in [0.1, 0.15) is 11.4 Å². The van der Waals surface area contributed by atoms with Gasteiger partial charge in [0, 0.05) is 6.54 Å². The lowest BCUT2D eigenvalue weighted by atomic mass is 10.3. The highest BCUT2D eigenvalue weighted by Crippen LogP contribution is 1.99. The number of carboxylic acids is 1. The minimum absolute atomic E-state index is 0.123. The summed E-state index contributed by atoms with van der Waals surface area (Å²) < 4.78 is 0. The molecule has 0 saturated heterocycles. The van der Waals surface area contributed by atoms with E-state index in [4.69, 9.17) is 5.11 Å². The van der Waals surface area contributed by atoms with E-state index in [0.717, 1.165) is 19.5 Å². The van der Waals surface area contributed by atoms with E-state index in [-0.39, 0.29) is 17.3 Å². The van der Waals surface area contributed by atoms with Crippen LogP contribution in [-0.4, -0.2) is 41.6 Å². The van der Waals surface area contributed by atoms with Gasteiger partial charge in [-0.05, 0) is 31.6 Å². The van der Waals surface area contributed by atoms with Crippen molar-refractivity contribution < 1.29 is 14.7 Å². The van der Waals surface area contributed by atoms with Gasteiger partial charge >= 0.3 is 5.97 Å². The Bertz CT molecular complexity index is 421. The van der Waals surface area contributed by atoms with Crippen LogP contribution in [-0.2, 0) is 0 Å². The van der Waals surface area contributed by atoms with Gasteiger partial charge in [-0.3, -0.25) is 4.79 Å². The minimum atomic E-state index is -1.14. The molecule has 0 unspecified atom stereocenters. The van der Waals surface area contributed by atoms with E-state index in [1.807, 2.05) is 6.92 Å². The number of amides is 1. The van der Waals surface area contributed by atoms with Crippen LogP contribution >= 0.6 is 0 Å². The van der Waals surface area contributed by atoms with Crippen LogP contribution in [0.15, 0.2) is 18.2 Å². The summed E-state index contributed by atoms with van der Waals surface area (Å²) in [7, 11) is 0. The van der Waals surface area contributed by atoms with Crippen molar-refractivity contribution in [3.8, 4) is 0 Å². The molecule has 6 nitrogen and oxygen atoms in total. The number of aromatic nitrogens is 1. The van der Waals surface area contributed by atoms with Crippen LogP contribution in [0.2, 0.25) is 0 Å². The molecule has 1 rings (SSSR count). The summed E-state index contributed by atoms with van der Waals surface area (Å²) in [4.78, 5) is 26.1. The highest BCUT2D eigenvalue weighted by Gasteiger charge is 2.10. The Labute approximate surface area is 105 Å². The zero-order valence-corrected chi connectivity index (χ0v) is 10.3. The van der Waals surface area contributed by atoms with Crippen molar-refractivity contribution in [2.75, 3.05) is 19.6 Å². The van der Waals surface area contributed by atoms with E-state index in [9.17, 15) is 9.59 Å². The Balaban J connectivity index is 2.46. The van der Waals surface area contributed by atoms with Crippen molar-refractivity contribution in [1.29, 1.82) is 0 Å². The SMILES string of the molecule is CCNCCCNC(=O)c1cccc(C(=O)O)n1. The highest BCUT2D eigenvalue weighted by molar-refractivity contribution is 5.94. The van der Waals surface area contributed by atoms with E-state index < -0.39 is 5.97 Å². The molecule has 0 bridgehead atoms. The summed E-state index contributed by atoms with van der Waals surface area (Å²) in [6.45, 7) is 4.28. The zero-order valence-electron chi connectivity index (χ0n) is 10.3. The summed E-state index contributed by atoms with van der Waals surface area (Å²) in [5, 5.41) is 14.6. The van der Waals surface area contributed by atoms with Crippen LogP contribution in [0.4, 0.5) is 0 Å². The average Bonchev–Trinajstić information content (AvgIpc) is 2.38. The Morgan fingerprint density at radius 3 is 2.67 bits per heavy atom. The molecule has 18 heavy (non-hydrogen) atoms. The number of carboxylic acid groups (broad SMARTS) is 1. The lowest BCUT2D eigenvalue weighted by molar-refractivity contribution is 0.0690. The molecule has 6 heteroatoms. The summed E-state index contributed by atoms with van der Waals surface area (Å²) in [6, 6.07) is 4.35. The number of hydrogen-bond donors (Lipinski definition) is 3. The molecule has 0 aliphatic rings. The molecular formula is C12H17N3O3. The molecule has 0 saturated carbocycles. The number of carbonyl (C=O) groups is 2. The van der Waals surface area contributed by atoms with Crippen molar-refractivity contribution in [3.05, 3.63) is 29.6 Å². The fourth-order valence-electron chi connectivity index (χ4n) is 1.36. The molecule has 0 fully saturated rings. The van der Waals surface area contributed by atoms with Gasteiger partial charge in [0.05, 0.1) is 0 Å². The van der Waals surface area contributed by atoms with Crippen LogP contribution in [0.3, 0.4) is 0 Å². The van der Waals surface area contributed by atoms with Gasteiger partial charge in [-0.25, -0.2) is 9.78 Å². The zero-order chi connectivity index (χ0) is 13.4. The number of carbonyl (C=O) groups excluding carboxylic acids is 1. The van der Waals surface area contributed by atoms with E-state index in [1.165, 1.54) is 18.2 Å². The Morgan fingerprint density at radius 1 is 1.28 bits per heavy atom. The van der Waals surface area contributed by atoms with Gasteiger partial charge in [-0.2, -0.15) is 0 Å². The van der Waals surface area contributed by atoms with Gasteiger partial charge in [-0.1, -0.05) is 13.0 Å². The first kappa shape index (κ1) is 14.1. The lowest BCUT2D eigenvalue weighted by Crippen LogP contribution is -2.28. The van der Waals surface area contributed by atoms with E-state index in [1.54, 1.807) is 0 Å². The standard InChI is InChI=1S/C12H17N3O3/c1-2-13-7-4-8-14-11(16)9-5-3-6-10(15-9)12(17)18/h3,5-6,13H,2,4,7-8H2,1H3,(H,14,16)(H,17,18). The lowest BCUT2D eigenvalue weighted by Gasteiger charge is -2.05. The number of pyridine rings is 1. The summed E-state index contributed by atoms with van der Waals surface area (Å²) in [6.07, 6.45) is 0.818. The Hall–Kier alpha value is -1.95. The maximum Gasteiger partial charge on any atom is 0.354 e. The fourth-order valence-corrected chi connectivity index (χ4v) is 1.36. The maximum absolute atomic E-state index is 11.7. The Morgan fingerprint density at radius 2 is 2.00 bits per heavy atom. The van der Waals surface area contributed by atoms with Crippen LogP contribution in [0.5, 0.6) is 0 Å². The van der Waals surface area contributed by atoms with Crippen LogP contribution in [0.1, 0.15) is 34.3 Å². The maximum atomic E-state index is 11.7. The van der Waals surface area contributed by atoms with Crippen LogP contribution in [0, 0.1) is 0 Å². The molecule has 0 atom stereocenters. The third kappa shape index (κ3) is 4.50. The molecule has 0 aliphatic heterocycles. The smallest absolute Gasteiger partial charge is 0.354 e. The molecule has 1 heterocycles. The molecule has 98 valence electrons. The molecule has 0 aromatic carbocycles. The van der Waals surface area contributed by atoms with Crippen molar-refractivity contribution in [2.45, 2.75) is 13.3 Å². The molecule has 1 aromatic rings. The summed E-state index contributed by atoms with van der Waals surface area (Å²) >= 11 is 0. The first-order chi connectivity index (χ1) is 8.65. The van der Waals surface area contributed by atoms with Gasteiger partial charge in [0.2, 0.25) is 0 Å². The van der Waals surface area contributed by atoms with Gasteiger partial charge in [-0.15, -0.1) is 0 Å². The predicted molar refractivity (Wildman–Crippen MR) is 66.7 cm³/mol. The van der Waals surface area contributed by atoms with Gasteiger partial charge < -0.3 is 15.7 Å². The average molecular weight is 251 g/mol. The minimum Gasteiger partial charge on any atom is -0.477 e. The van der Waals surface area contributed by atoms with Gasteiger partial charge in [0.15, 0.2) is 0 Å². The molecule has 3 N–H and O–H groups in total. The number of rotatable bonds is 7. The van der Waals surface area contributed by atoms with E-state index in [0.29, 0.717) is 6.54 Å². The topological polar surface area (TPSA) is 91.3 Å². The summed E-state index contributed by atoms with van der Waals surface area (Å²) in [5.41, 5.74) is -0.00588. The Kier molecular flexibility index (Phi) is 5.79. The molecule has 1 amide bonds. The molecule has 0 aliphatic carbocycles. The number of hydrogen-bond acceptors (Lipinski definition) is 4. The second-order valence-corrected chi connectivity index (χ2v) is 3.68. The van der Waals surface area contributed by atoms with Crippen molar-refractivity contribution in [2.24, 2.45) is 0 Å². The predicted octanol–water partition coefficient (Wildman–Crippen LogP) is 0.509. The number of nitrogens with one attached hydrogen (secondary N) is 2. The van der Waals surface area contributed by atoms with Gasteiger partial charge in [0.25, 0.3) is 5.91 Å². The highest BCUT2D eigenvalue weighted by atomic mass is 16.4. The van der Waals surface area contributed by atoms with Crippen LogP contribution < -0.4 is 10.6 Å². The monoisotopic (exact) mass is 251 g/mol. The molecule has 0 radical (unpaired) electrons. The number of aromatic carboxylic acids is 1. The van der Waals surface area contributed by atoms with Crippen molar-refractivity contribution in [1.82, 2.24) is 15.6 Å². The van der Waals surface area contributed by atoms with Crippen molar-refractivity contribution >= 4 is 11.9 Å². The molecular weight excluding hydrogens is 234 g/mol. The largest absolute Gasteiger partial charge is 0.477 e. The fraction of sp³-hybridized carbons (Fsp3) is 0.417. The molecule has 0 spiro atoms. The van der Waals surface area contributed by atoms with E-state index >= 15 is 0 Å². The normalized spacial score (nSPS) is 10.1. The first-order valence-electron chi connectivity index (χ1n) is 5.84. The summed E-state index contributed by atoms with van der Waals surface area (Å²) in [5.74, 6) is -1.49. The first-order valence-corrected chi connectivity index (χ1v) is 5.84. The quantitative estimate of drug-likeness (QED) is 0.614. The van der Waals surface area contributed by atoms with E-state index in [2.05, 4.69) is 15.6 Å². The molecule has 1 aromatic heterocycles. The second-order valence-electron chi connectivity index (χ2n) is 3.68. The third-order valence-electron chi connectivity index (χ3n) is 2.27. The van der Waals surface area contributed by atoms with Crippen molar-refractivity contribution in [3.63, 3.8) is 0 Å². The second kappa shape index (κ2) is 7.39. The number of nitrogens with zero attached hydrogens (tertiary/aromatic N) is 1. The van der Waals surface area contributed by atoms with Crippen LogP contribution in [0.25, 0.3) is 0 Å². The third-order valence-corrected chi connectivity index (χ3v) is 2.27.